The van der Waals surface area contributed by atoms with Crippen LogP contribution in [0.1, 0.15) is 47.8 Å². The predicted molar refractivity (Wildman–Crippen MR) is 113 cm³/mol. The molecule has 5 heteroatoms. The molecule has 0 radical (unpaired) electrons. The number of benzene rings is 2. The third-order valence-corrected chi connectivity index (χ3v) is 4.88. The molecule has 0 saturated heterocycles. The summed E-state index contributed by atoms with van der Waals surface area (Å²) in [5.41, 5.74) is 3.88. The Morgan fingerprint density at radius 1 is 1.00 bits per heavy atom. The van der Waals surface area contributed by atoms with E-state index in [2.05, 4.69) is 35.4 Å². The van der Waals surface area contributed by atoms with E-state index in [0.29, 0.717) is 12.1 Å². The standard InChI is InChI=1S/C23H31N3O2/c1-5-26(6-2)16-21-12-8-7-11-20(21)15-24-22(27)18(4)25-23(28)19-13-9-10-17(3)14-19/h7-14,18H,5-6,15-16H2,1-4H3,(H,24,27)(H,25,28). The van der Waals surface area contributed by atoms with E-state index < -0.39 is 6.04 Å². The van der Waals surface area contributed by atoms with Gasteiger partial charge in [-0.3, -0.25) is 14.5 Å². The zero-order valence-electron chi connectivity index (χ0n) is 17.3. The number of amides is 2. The molecule has 0 aromatic heterocycles. The van der Waals surface area contributed by atoms with Crippen LogP contribution < -0.4 is 10.6 Å². The Balaban J connectivity index is 1.93. The van der Waals surface area contributed by atoms with Gasteiger partial charge in [0.15, 0.2) is 0 Å². The van der Waals surface area contributed by atoms with E-state index in [1.165, 1.54) is 5.56 Å². The third kappa shape index (κ3) is 6.20. The molecule has 0 aliphatic rings. The predicted octanol–water partition coefficient (Wildman–Crippen LogP) is 3.27. The fourth-order valence-electron chi connectivity index (χ4n) is 3.04. The highest BCUT2D eigenvalue weighted by molar-refractivity contribution is 5.97. The summed E-state index contributed by atoms with van der Waals surface area (Å²) in [5, 5.41) is 5.71. The first-order chi connectivity index (χ1) is 13.4. The Kier molecular flexibility index (Phi) is 8.20. The van der Waals surface area contributed by atoms with Crippen molar-refractivity contribution in [3.05, 3.63) is 70.8 Å². The summed E-state index contributed by atoms with van der Waals surface area (Å²) >= 11 is 0. The van der Waals surface area contributed by atoms with Crippen LogP contribution in [0, 0.1) is 6.92 Å². The van der Waals surface area contributed by atoms with Gasteiger partial charge in [0.1, 0.15) is 6.04 Å². The van der Waals surface area contributed by atoms with Gasteiger partial charge in [-0.15, -0.1) is 0 Å². The van der Waals surface area contributed by atoms with Crippen LogP contribution in [0.25, 0.3) is 0 Å². The first-order valence-electron chi connectivity index (χ1n) is 9.89. The van der Waals surface area contributed by atoms with Crippen molar-refractivity contribution >= 4 is 11.8 Å². The largest absolute Gasteiger partial charge is 0.350 e. The SMILES string of the molecule is CCN(CC)Cc1ccccc1CNC(=O)C(C)NC(=O)c1cccc(C)c1. The van der Waals surface area contributed by atoms with Crippen molar-refractivity contribution in [1.82, 2.24) is 15.5 Å². The molecule has 2 aromatic rings. The fourth-order valence-corrected chi connectivity index (χ4v) is 3.04. The summed E-state index contributed by atoms with van der Waals surface area (Å²) in [6.07, 6.45) is 0. The lowest BCUT2D eigenvalue weighted by Gasteiger charge is -2.21. The number of carbonyl (C=O) groups is 2. The van der Waals surface area contributed by atoms with Crippen LogP contribution in [-0.2, 0) is 17.9 Å². The van der Waals surface area contributed by atoms with Gasteiger partial charge in [0.25, 0.3) is 5.91 Å². The lowest BCUT2D eigenvalue weighted by atomic mass is 10.1. The molecule has 2 N–H and O–H groups in total. The molecule has 1 atom stereocenters. The molecule has 0 spiro atoms. The van der Waals surface area contributed by atoms with Gasteiger partial charge in [-0.05, 0) is 50.2 Å². The second-order valence-electron chi connectivity index (χ2n) is 7.01. The van der Waals surface area contributed by atoms with Crippen molar-refractivity contribution in [3.8, 4) is 0 Å². The number of carbonyl (C=O) groups excluding carboxylic acids is 2. The highest BCUT2D eigenvalue weighted by Crippen LogP contribution is 2.12. The Labute approximate surface area is 168 Å². The Morgan fingerprint density at radius 3 is 2.32 bits per heavy atom. The summed E-state index contributed by atoms with van der Waals surface area (Å²) in [6.45, 7) is 11.2. The van der Waals surface area contributed by atoms with Crippen molar-refractivity contribution < 1.29 is 9.59 Å². The molecule has 0 saturated carbocycles. The summed E-state index contributed by atoms with van der Waals surface area (Å²) < 4.78 is 0. The van der Waals surface area contributed by atoms with Gasteiger partial charge < -0.3 is 10.6 Å². The van der Waals surface area contributed by atoms with Gasteiger partial charge in [0, 0.05) is 18.7 Å². The molecule has 150 valence electrons. The van der Waals surface area contributed by atoms with Crippen LogP contribution in [0.4, 0.5) is 0 Å². The Bertz CT molecular complexity index is 800. The van der Waals surface area contributed by atoms with Gasteiger partial charge in [0.2, 0.25) is 5.91 Å². The van der Waals surface area contributed by atoms with E-state index in [-0.39, 0.29) is 11.8 Å². The normalized spacial score (nSPS) is 11.9. The highest BCUT2D eigenvalue weighted by atomic mass is 16.2. The third-order valence-electron chi connectivity index (χ3n) is 4.88. The minimum Gasteiger partial charge on any atom is -0.350 e. The number of aryl methyl sites for hydroxylation is 1. The highest BCUT2D eigenvalue weighted by Gasteiger charge is 2.17. The minimum absolute atomic E-state index is 0.196. The number of hydrogen-bond donors (Lipinski definition) is 2. The number of nitrogens with one attached hydrogen (secondary N) is 2. The van der Waals surface area contributed by atoms with Gasteiger partial charge in [-0.25, -0.2) is 0 Å². The summed E-state index contributed by atoms with van der Waals surface area (Å²) in [4.78, 5) is 27.1. The summed E-state index contributed by atoms with van der Waals surface area (Å²) in [7, 11) is 0. The van der Waals surface area contributed by atoms with Crippen LogP contribution in [0.3, 0.4) is 0 Å². The van der Waals surface area contributed by atoms with Gasteiger partial charge >= 0.3 is 0 Å². The van der Waals surface area contributed by atoms with Crippen molar-refractivity contribution in [2.75, 3.05) is 13.1 Å². The molecule has 1 unspecified atom stereocenters. The Morgan fingerprint density at radius 2 is 1.68 bits per heavy atom. The number of rotatable bonds is 9. The average Bonchev–Trinajstić information content (AvgIpc) is 2.70. The summed E-state index contributed by atoms with van der Waals surface area (Å²) in [6, 6.07) is 14.9. The molecule has 0 bridgehead atoms. The molecular weight excluding hydrogens is 350 g/mol. The van der Waals surface area contributed by atoms with Crippen LogP contribution in [0.15, 0.2) is 48.5 Å². The minimum atomic E-state index is -0.608. The molecule has 2 amide bonds. The first kappa shape index (κ1) is 21.6. The second-order valence-corrected chi connectivity index (χ2v) is 7.01. The maximum Gasteiger partial charge on any atom is 0.251 e. The van der Waals surface area contributed by atoms with Crippen LogP contribution in [0.5, 0.6) is 0 Å². The van der Waals surface area contributed by atoms with Gasteiger partial charge in [-0.1, -0.05) is 55.8 Å². The molecule has 5 nitrogen and oxygen atoms in total. The second kappa shape index (κ2) is 10.6. The molecule has 28 heavy (non-hydrogen) atoms. The van der Waals surface area contributed by atoms with Crippen molar-refractivity contribution in [3.63, 3.8) is 0 Å². The molecule has 0 aliphatic carbocycles. The maximum absolute atomic E-state index is 12.5. The van der Waals surface area contributed by atoms with Crippen LogP contribution in [0.2, 0.25) is 0 Å². The average molecular weight is 382 g/mol. The Hall–Kier alpha value is -2.66. The van der Waals surface area contributed by atoms with Crippen LogP contribution >= 0.6 is 0 Å². The van der Waals surface area contributed by atoms with E-state index in [4.69, 9.17) is 0 Å². The smallest absolute Gasteiger partial charge is 0.251 e. The lowest BCUT2D eigenvalue weighted by Crippen LogP contribution is -2.44. The molecule has 2 aromatic carbocycles. The zero-order chi connectivity index (χ0) is 20.5. The quantitative estimate of drug-likeness (QED) is 0.701. The van der Waals surface area contributed by atoms with E-state index in [0.717, 1.165) is 30.8 Å². The monoisotopic (exact) mass is 381 g/mol. The molecule has 0 fully saturated rings. The zero-order valence-corrected chi connectivity index (χ0v) is 17.3. The number of hydrogen-bond acceptors (Lipinski definition) is 3. The molecular formula is C23H31N3O2. The fraction of sp³-hybridized carbons (Fsp3) is 0.391. The van der Waals surface area contributed by atoms with Gasteiger partial charge in [-0.2, -0.15) is 0 Å². The van der Waals surface area contributed by atoms with E-state index in [1.807, 2.05) is 43.3 Å². The topological polar surface area (TPSA) is 61.4 Å². The first-order valence-corrected chi connectivity index (χ1v) is 9.89. The van der Waals surface area contributed by atoms with Crippen molar-refractivity contribution in [1.29, 1.82) is 0 Å². The van der Waals surface area contributed by atoms with E-state index in [9.17, 15) is 9.59 Å². The molecule has 2 rings (SSSR count). The van der Waals surface area contributed by atoms with Crippen molar-refractivity contribution in [2.24, 2.45) is 0 Å². The number of nitrogens with zero attached hydrogens (tertiary/aromatic N) is 1. The maximum atomic E-state index is 12.5. The molecule has 0 heterocycles. The van der Waals surface area contributed by atoms with Crippen molar-refractivity contribution in [2.45, 2.75) is 46.8 Å². The van der Waals surface area contributed by atoms with E-state index >= 15 is 0 Å². The summed E-state index contributed by atoms with van der Waals surface area (Å²) in [5.74, 6) is -0.438. The van der Waals surface area contributed by atoms with Gasteiger partial charge in [0.05, 0.1) is 0 Å². The van der Waals surface area contributed by atoms with Crippen LogP contribution in [-0.4, -0.2) is 35.8 Å². The van der Waals surface area contributed by atoms with E-state index in [1.54, 1.807) is 13.0 Å². The lowest BCUT2D eigenvalue weighted by molar-refractivity contribution is -0.122. The molecule has 0 aliphatic heterocycles.